The summed E-state index contributed by atoms with van der Waals surface area (Å²) < 4.78 is 0. The van der Waals surface area contributed by atoms with Crippen LogP contribution in [0.5, 0.6) is 0 Å². The van der Waals surface area contributed by atoms with Gasteiger partial charge < -0.3 is 5.32 Å². The van der Waals surface area contributed by atoms with Crippen molar-refractivity contribution in [3.63, 3.8) is 0 Å². The number of anilines is 2. The van der Waals surface area contributed by atoms with Gasteiger partial charge in [-0.1, -0.05) is 35.9 Å². The van der Waals surface area contributed by atoms with E-state index in [1.165, 1.54) is 5.56 Å². The Morgan fingerprint density at radius 1 is 1.14 bits per heavy atom. The van der Waals surface area contributed by atoms with Gasteiger partial charge in [0.15, 0.2) is 0 Å². The molecule has 0 saturated heterocycles. The number of hydrogen-bond donors (Lipinski definition) is 1. The fourth-order valence-electron chi connectivity index (χ4n) is 3.06. The van der Waals surface area contributed by atoms with Crippen LogP contribution >= 0.6 is 0 Å². The number of nitrogens with one attached hydrogen (secondary N) is 1. The monoisotopic (exact) mass is 291 g/mol. The lowest BCUT2D eigenvalue weighted by Gasteiger charge is -2.34. The summed E-state index contributed by atoms with van der Waals surface area (Å²) in [5, 5.41) is 9.63. The summed E-state index contributed by atoms with van der Waals surface area (Å²) in [4.78, 5) is 12.4. The summed E-state index contributed by atoms with van der Waals surface area (Å²) in [5.74, 6) is 0.211. The highest BCUT2D eigenvalue weighted by molar-refractivity contribution is 6.14. The first-order valence-electron chi connectivity index (χ1n) is 7.54. The summed E-state index contributed by atoms with van der Waals surface area (Å²) in [5.41, 5.74) is 5.21. The maximum atomic E-state index is 12.4. The van der Waals surface area contributed by atoms with E-state index in [2.05, 4.69) is 22.6 Å². The van der Waals surface area contributed by atoms with Crippen molar-refractivity contribution in [2.24, 2.45) is 11.0 Å². The van der Waals surface area contributed by atoms with Crippen LogP contribution in [-0.2, 0) is 4.79 Å². The van der Waals surface area contributed by atoms with Crippen molar-refractivity contribution in [2.75, 3.05) is 16.9 Å². The molecular weight excluding hydrogens is 274 g/mol. The Balaban J connectivity index is 1.80. The smallest absolute Gasteiger partial charge is 0.248 e. The van der Waals surface area contributed by atoms with Gasteiger partial charge >= 0.3 is 0 Å². The Bertz CT molecular complexity index is 764. The number of hydrazone groups is 1. The molecule has 4 rings (SSSR count). The highest BCUT2D eigenvalue weighted by atomic mass is 16.2. The summed E-state index contributed by atoms with van der Waals surface area (Å²) in [6.07, 6.45) is 0.494. The third-order valence-corrected chi connectivity index (χ3v) is 4.27. The molecule has 1 N–H and O–H groups in total. The van der Waals surface area contributed by atoms with Crippen LogP contribution in [0.1, 0.15) is 17.5 Å². The molecule has 2 heterocycles. The number of fused-ring (bicyclic) bond motifs is 3. The number of amides is 1. The minimum absolute atomic E-state index is 0.0544. The second kappa shape index (κ2) is 4.98. The van der Waals surface area contributed by atoms with Gasteiger partial charge in [0.25, 0.3) is 0 Å². The molecule has 4 nitrogen and oxygen atoms in total. The van der Waals surface area contributed by atoms with Crippen LogP contribution in [0.25, 0.3) is 0 Å². The third-order valence-electron chi connectivity index (χ3n) is 4.27. The van der Waals surface area contributed by atoms with Crippen LogP contribution in [0.3, 0.4) is 0 Å². The second-order valence-corrected chi connectivity index (χ2v) is 5.85. The summed E-state index contributed by atoms with van der Waals surface area (Å²) in [7, 11) is 0. The zero-order chi connectivity index (χ0) is 15.1. The Kier molecular flexibility index (Phi) is 2.96. The van der Waals surface area contributed by atoms with Crippen LogP contribution in [0.4, 0.5) is 11.4 Å². The van der Waals surface area contributed by atoms with E-state index >= 15 is 0 Å². The first-order valence-corrected chi connectivity index (χ1v) is 7.54. The van der Waals surface area contributed by atoms with Gasteiger partial charge in [0, 0.05) is 30.1 Å². The van der Waals surface area contributed by atoms with E-state index in [9.17, 15) is 4.79 Å². The van der Waals surface area contributed by atoms with Crippen LogP contribution in [0.15, 0.2) is 53.6 Å². The molecule has 110 valence electrons. The average Bonchev–Trinajstić information content (AvgIpc) is 2.55. The molecule has 0 aromatic heterocycles. The van der Waals surface area contributed by atoms with E-state index < -0.39 is 0 Å². The first-order chi connectivity index (χ1) is 10.7. The standard InChI is InChI=1S/C18H17N3O/c1-12-6-8-14(9-7-12)21-17(22)10-13-11-19-16-5-3-2-4-15(16)18(13)20-21/h2-9,13,19H,10-11H2,1H3. The lowest BCUT2D eigenvalue weighted by atomic mass is 9.88. The predicted octanol–water partition coefficient (Wildman–Crippen LogP) is 3.18. The highest BCUT2D eigenvalue weighted by Gasteiger charge is 2.34. The Hall–Kier alpha value is -2.62. The van der Waals surface area contributed by atoms with Crippen molar-refractivity contribution in [3.8, 4) is 0 Å². The molecule has 0 bridgehead atoms. The normalized spacial score (nSPS) is 19.9. The van der Waals surface area contributed by atoms with Crippen LogP contribution in [0.2, 0.25) is 0 Å². The van der Waals surface area contributed by atoms with E-state index in [1.807, 2.05) is 43.3 Å². The van der Waals surface area contributed by atoms with Crippen molar-refractivity contribution < 1.29 is 4.79 Å². The molecule has 1 amide bonds. The molecule has 2 aliphatic rings. The molecule has 2 aromatic rings. The molecule has 4 heteroatoms. The molecule has 2 aromatic carbocycles. The summed E-state index contributed by atoms with van der Waals surface area (Å²) in [6.45, 7) is 2.80. The number of rotatable bonds is 1. The molecule has 22 heavy (non-hydrogen) atoms. The number of para-hydroxylation sites is 1. The van der Waals surface area contributed by atoms with Gasteiger partial charge in [-0.3, -0.25) is 4.79 Å². The van der Waals surface area contributed by atoms with Gasteiger partial charge in [0.2, 0.25) is 5.91 Å². The zero-order valence-corrected chi connectivity index (χ0v) is 12.4. The van der Waals surface area contributed by atoms with Crippen molar-refractivity contribution in [2.45, 2.75) is 13.3 Å². The number of aryl methyl sites for hydroxylation is 1. The van der Waals surface area contributed by atoms with E-state index in [0.29, 0.717) is 6.42 Å². The number of benzene rings is 2. The van der Waals surface area contributed by atoms with Gasteiger partial charge in [0.05, 0.1) is 11.4 Å². The lowest BCUT2D eigenvalue weighted by molar-refractivity contribution is -0.119. The molecule has 0 radical (unpaired) electrons. The van der Waals surface area contributed by atoms with E-state index in [1.54, 1.807) is 5.01 Å². The number of hydrogen-bond acceptors (Lipinski definition) is 3. The fraction of sp³-hybridized carbons (Fsp3) is 0.222. The van der Waals surface area contributed by atoms with Crippen molar-refractivity contribution in [3.05, 3.63) is 59.7 Å². The van der Waals surface area contributed by atoms with E-state index in [-0.39, 0.29) is 11.8 Å². The Morgan fingerprint density at radius 3 is 2.73 bits per heavy atom. The lowest BCUT2D eigenvalue weighted by Crippen LogP contribution is -2.42. The second-order valence-electron chi connectivity index (χ2n) is 5.85. The molecule has 1 atom stereocenters. The van der Waals surface area contributed by atoms with Crippen LogP contribution < -0.4 is 10.3 Å². The maximum absolute atomic E-state index is 12.4. The van der Waals surface area contributed by atoms with Crippen LogP contribution in [0, 0.1) is 12.8 Å². The zero-order valence-electron chi connectivity index (χ0n) is 12.4. The number of carbonyl (C=O) groups is 1. The quantitative estimate of drug-likeness (QED) is 0.877. The van der Waals surface area contributed by atoms with E-state index in [0.717, 1.165) is 29.2 Å². The maximum Gasteiger partial charge on any atom is 0.248 e. The third kappa shape index (κ3) is 2.08. The number of carbonyl (C=O) groups excluding carboxylic acids is 1. The Morgan fingerprint density at radius 2 is 1.91 bits per heavy atom. The van der Waals surface area contributed by atoms with Gasteiger partial charge in [-0.15, -0.1) is 0 Å². The number of nitrogens with zero attached hydrogens (tertiary/aromatic N) is 2. The van der Waals surface area contributed by atoms with Crippen molar-refractivity contribution >= 4 is 23.0 Å². The molecule has 0 fully saturated rings. The topological polar surface area (TPSA) is 44.7 Å². The molecule has 0 aliphatic carbocycles. The van der Waals surface area contributed by atoms with Gasteiger partial charge in [-0.25, -0.2) is 5.01 Å². The minimum atomic E-state index is 0.0544. The SMILES string of the molecule is Cc1ccc(N2N=C3c4ccccc4NCC3CC2=O)cc1. The first kappa shape index (κ1) is 13.1. The van der Waals surface area contributed by atoms with Gasteiger partial charge in [-0.2, -0.15) is 5.10 Å². The molecule has 0 spiro atoms. The Labute approximate surface area is 129 Å². The molecule has 1 unspecified atom stereocenters. The predicted molar refractivity (Wildman–Crippen MR) is 88.2 cm³/mol. The van der Waals surface area contributed by atoms with Gasteiger partial charge in [-0.05, 0) is 25.1 Å². The van der Waals surface area contributed by atoms with E-state index in [4.69, 9.17) is 0 Å². The van der Waals surface area contributed by atoms with Crippen LogP contribution in [-0.4, -0.2) is 18.2 Å². The van der Waals surface area contributed by atoms with Gasteiger partial charge in [0.1, 0.15) is 0 Å². The highest BCUT2D eigenvalue weighted by Crippen LogP contribution is 2.32. The van der Waals surface area contributed by atoms with Crippen molar-refractivity contribution in [1.29, 1.82) is 0 Å². The molecule has 0 saturated carbocycles. The summed E-state index contributed by atoms with van der Waals surface area (Å²) >= 11 is 0. The molecular formula is C18H17N3O. The largest absolute Gasteiger partial charge is 0.384 e. The van der Waals surface area contributed by atoms with Crippen molar-refractivity contribution in [1.82, 2.24) is 0 Å². The fourth-order valence-corrected chi connectivity index (χ4v) is 3.06. The minimum Gasteiger partial charge on any atom is -0.384 e. The average molecular weight is 291 g/mol. The molecule has 2 aliphatic heterocycles. The summed E-state index contributed by atoms with van der Waals surface area (Å²) in [6, 6.07) is 16.1.